The van der Waals surface area contributed by atoms with Gasteiger partial charge in [0.05, 0.1) is 30.8 Å². The number of carbonyl (C=O) groups is 6. The van der Waals surface area contributed by atoms with Gasteiger partial charge in [-0.2, -0.15) is 0 Å². The zero-order valence-corrected chi connectivity index (χ0v) is 32.1. The molecule has 0 spiro atoms. The second-order valence-corrected chi connectivity index (χ2v) is 12.7. The minimum atomic E-state index is -1.35. The summed E-state index contributed by atoms with van der Waals surface area (Å²) in [5.74, 6) is -4.93. The van der Waals surface area contributed by atoms with E-state index in [0.29, 0.717) is 24.8 Å². The molecule has 2 heterocycles. The van der Waals surface area contributed by atoms with Crippen LogP contribution in [0, 0.1) is 0 Å². The number of hydrogen-bond acceptors (Lipinski definition) is 9. The molecule has 3 aromatic carbocycles. The SMILES string of the molecule is CC(=O)Oc1c(Br)cc2c(-c3cc(C(=O)ON4C(=O)CCC4=O)ccc3C(=O)O)c3cc(Br)c(OC(C)=O)c(Br)c3[o+]c2c1Br.[Na+]. The zero-order chi connectivity index (χ0) is 32.9. The normalized spacial score (nSPS) is 12.7. The predicted octanol–water partition coefficient (Wildman–Crippen LogP) is 4.36. The van der Waals surface area contributed by atoms with Gasteiger partial charge in [-0.05, 0) is 99.6 Å². The number of ether oxygens (including phenoxy) is 2. The third-order valence-corrected chi connectivity index (χ3v) is 9.05. The molecule has 1 aliphatic heterocycles. The first-order chi connectivity index (χ1) is 21.2. The minimum absolute atomic E-state index is 0. The maximum absolute atomic E-state index is 13.1. The molecule has 0 unspecified atom stereocenters. The van der Waals surface area contributed by atoms with Gasteiger partial charge in [-0.1, -0.05) is 0 Å². The van der Waals surface area contributed by atoms with Gasteiger partial charge in [0.15, 0.2) is 20.4 Å². The molecule has 0 bridgehead atoms. The Bertz CT molecular complexity index is 1950. The molecule has 1 N–H and O–H groups in total. The van der Waals surface area contributed by atoms with Crippen molar-refractivity contribution in [1.82, 2.24) is 5.06 Å². The Kier molecular flexibility index (Phi) is 11.1. The second-order valence-electron chi connectivity index (χ2n) is 9.45. The molecule has 1 aromatic heterocycles. The Morgan fingerprint density at radius 2 is 1.28 bits per heavy atom. The maximum Gasteiger partial charge on any atom is 1.00 e. The molecule has 2 amide bonds. The number of carboxylic acid groups (broad SMARTS) is 1. The van der Waals surface area contributed by atoms with Gasteiger partial charge < -0.3 is 19.4 Å². The maximum atomic E-state index is 13.1. The molecule has 0 aliphatic carbocycles. The predicted molar refractivity (Wildman–Crippen MR) is 170 cm³/mol. The summed E-state index contributed by atoms with van der Waals surface area (Å²) in [7, 11) is 0. The summed E-state index contributed by atoms with van der Waals surface area (Å²) in [4.78, 5) is 78.6. The number of amides is 2. The summed E-state index contributed by atoms with van der Waals surface area (Å²) >= 11 is 13.6. The van der Waals surface area contributed by atoms with Gasteiger partial charge in [0.2, 0.25) is 0 Å². The molecule has 0 radical (unpaired) electrons. The second kappa shape index (κ2) is 14.2. The van der Waals surface area contributed by atoms with Crippen LogP contribution in [0.25, 0.3) is 33.1 Å². The number of imide groups is 1. The molecule has 5 rings (SSSR count). The number of rotatable bonds is 6. The number of nitrogens with zero attached hydrogens (tertiary/aromatic N) is 1. The molecule has 17 heteroatoms. The first-order valence-corrected chi connectivity index (χ1v) is 15.8. The first kappa shape index (κ1) is 36.1. The van der Waals surface area contributed by atoms with Crippen molar-refractivity contribution in [2.45, 2.75) is 26.7 Å². The van der Waals surface area contributed by atoms with Crippen LogP contribution >= 0.6 is 63.7 Å². The number of hydroxylamine groups is 2. The van der Waals surface area contributed by atoms with E-state index >= 15 is 0 Å². The van der Waals surface area contributed by atoms with E-state index in [-0.39, 0.29) is 96.3 Å². The number of carbonyl (C=O) groups excluding carboxylic acids is 5. The fourth-order valence-corrected chi connectivity index (χ4v) is 7.34. The van der Waals surface area contributed by atoms with Crippen LogP contribution in [0.15, 0.2) is 52.6 Å². The van der Waals surface area contributed by atoms with Gasteiger partial charge in [0, 0.05) is 32.3 Å². The Balaban J connectivity index is 0.00000480. The van der Waals surface area contributed by atoms with Crippen molar-refractivity contribution in [1.29, 1.82) is 0 Å². The van der Waals surface area contributed by atoms with Crippen LogP contribution in [0.4, 0.5) is 0 Å². The number of fused-ring (bicyclic) bond motifs is 2. The minimum Gasteiger partial charge on any atom is -0.478 e. The third kappa shape index (κ3) is 6.79. The molecule has 1 fully saturated rings. The van der Waals surface area contributed by atoms with Gasteiger partial charge in [-0.25, -0.2) is 14.0 Å². The van der Waals surface area contributed by atoms with E-state index in [9.17, 15) is 33.9 Å². The van der Waals surface area contributed by atoms with E-state index < -0.39 is 35.7 Å². The Morgan fingerprint density at radius 1 is 0.804 bits per heavy atom. The molecule has 4 aromatic rings. The molecule has 1 aliphatic rings. The molecular formula is C29H16Br4NNaO11+2. The topological polar surface area (TPSA) is 165 Å². The van der Waals surface area contributed by atoms with Gasteiger partial charge in [0.1, 0.15) is 0 Å². The van der Waals surface area contributed by atoms with Crippen LogP contribution in [0.3, 0.4) is 0 Å². The van der Waals surface area contributed by atoms with Crippen molar-refractivity contribution < 1.29 is 82.2 Å². The van der Waals surface area contributed by atoms with Crippen LogP contribution < -0.4 is 39.0 Å². The van der Waals surface area contributed by atoms with Crippen molar-refractivity contribution in [2.75, 3.05) is 0 Å². The number of benzene rings is 3. The molecule has 12 nitrogen and oxygen atoms in total. The number of carboxylic acids is 1. The summed E-state index contributed by atoms with van der Waals surface area (Å²) in [5, 5.41) is 11.2. The number of esters is 2. The van der Waals surface area contributed by atoms with Crippen LogP contribution in [-0.2, 0) is 24.0 Å². The summed E-state index contributed by atoms with van der Waals surface area (Å²) in [6.45, 7) is 2.41. The smallest absolute Gasteiger partial charge is 0.478 e. The van der Waals surface area contributed by atoms with Gasteiger partial charge in [-0.15, -0.1) is 5.06 Å². The molecule has 0 atom stereocenters. The van der Waals surface area contributed by atoms with Gasteiger partial charge in [-0.3, -0.25) is 19.2 Å². The van der Waals surface area contributed by atoms with Crippen LogP contribution in [-0.4, -0.2) is 45.9 Å². The van der Waals surface area contributed by atoms with E-state index in [2.05, 4.69) is 63.7 Å². The summed E-state index contributed by atoms with van der Waals surface area (Å²) < 4.78 is 17.9. The standard InChI is InChI=1S/C29H15Br4NO11.Na/c1-10(35)42-26-17(30)8-15-21(16-9-18(31)27(43-11(2)36)23(33)25(16)44-24(15)22(26)32)14-7-12(3-4-13(14)28(39)40)29(41)45-34-19(37)5-6-20(34)38;/h3-4,7-9H,5-6H2,1-2H3;/q;+1/p+1. The fraction of sp³-hybridized carbons (Fsp3) is 0.138. The average molecular weight is 897 g/mol. The van der Waals surface area contributed by atoms with Crippen molar-refractivity contribution in [3.8, 4) is 22.6 Å². The van der Waals surface area contributed by atoms with Gasteiger partial charge in [0.25, 0.3) is 11.8 Å². The zero-order valence-electron chi connectivity index (χ0n) is 23.8. The average Bonchev–Trinajstić information content (AvgIpc) is 3.28. The van der Waals surface area contributed by atoms with Crippen molar-refractivity contribution in [2.24, 2.45) is 0 Å². The number of aromatic carboxylic acids is 1. The van der Waals surface area contributed by atoms with E-state index in [1.807, 2.05) is 0 Å². The largest absolute Gasteiger partial charge is 1.00 e. The quantitative estimate of drug-likeness (QED) is 0.0731. The van der Waals surface area contributed by atoms with E-state index in [1.54, 1.807) is 0 Å². The Hall–Kier alpha value is -2.73. The molecule has 46 heavy (non-hydrogen) atoms. The third-order valence-electron chi connectivity index (χ3n) is 6.43. The summed E-state index contributed by atoms with van der Waals surface area (Å²) in [6, 6.07) is 6.69. The van der Waals surface area contributed by atoms with Crippen LogP contribution in [0.1, 0.15) is 47.4 Å². The monoisotopic (exact) mass is 893 g/mol. The molecular weight excluding hydrogens is 881 g/mol. The van der Waals surface area contributed by atoms with E-state index in [1.165, 1.54) is 44.2 Å². The number of halogens is 4. The van der Waals surface area contributed by atoms with Crippen LogP contribution in [0.5, 0.6) is 11.5 Å². The molecule has 0 saturated carbocycles. The summed E-state index contributed by atoms with van der Waals surface area (Å²) in [5.41, 5.74) is 0.0194. The van der Waals surface area contributed by atoms with Crippen molar-refractivity contribution in [3.05, 3.63) is 59.3 Å². The van der Waals surface area contributed by atoms with Crippen LogP contribution in [0.2, 0.25) is 0 Å². The van der Waals surface area contributed by atoms with E-state index in [4.69, 9.17) is 18.7 Å². The Labute approximate surface area is 314 Å². The van der Waals surface area contributed by atoms with Gasteiger partial charge >= 0.3 is 64.6 Å². The summed E-state index contributed by atoms with van der Waals surface area (Å²) in [6.07, 6.45) is -0.224. The first-order valence-electron chi connectivity index (χ1n) is 12.6. The van der Waals surface area contributed by atoms with E-state index in [0.717, 1.165) is 0 Å². The van der Waals surface area contributed by atoms with Crippen molar-refractivity contribution >= 4 is 121 Å². The van der Waals surface area contributed by atoms with Crippen molar-refractivity contribution in [3.63, 3.8) is 0 Å². The molecule has 230 valence electrons. The molecule has 1 saturated heterocycles. The Morgan fingerprint density at radius 3 is 1.72 bits per heavy atom. The number of hydrogen-bond donors (Lipinski definition) is 1. The fourth-order valence-electron chi connectivity index (χ4n) is 4.61.